The summed E-state index contributed by atoms with van der Waals surface area (Å²) in [6.45, 7) is 5.20. The lowest BCUT2D eigenvalue weighted by atomic mass is 10.5. The maximum Gasteiger partial charge on any atom is 0.102 e. The molecule has 0 aromatic heterocycles. The predicted octanol–water partition coefficient (Wildman–Crippen LogP) is 1.75. The third-order valence-corrected chi connectivity index (χ3v) is 4.21. The third kappa shape index (κ3) is 8.98. The van der Waals surface area contributed by atoms with E-state index >= 15 is 0 Å². The van der Waals surface area contributed by atoms with Gasteiger partial charge in [-0.05, 0) is 6.16 Å². The van der Waals surface area contributed by atoms with Crippen molar-refractivity contribution in [3.8, 4) is 0 Å². The first-order valence-corrected chi connectivity index (χ1v) is 8.05. The fourth-order valence-corrected chi connectivity index (χ4v) is 2.53. The lowest BCUT2D eigenvalue weighted by Gasteiger charge is -2.30. The van der Waals surface area contributed by atoms with Gasteiger partial charge in [0.15, 0.2) is 0 Å². The Morgan fingerprint density at radius 3 is 2.46 bits per heavy atom. The van der Waals surface area contributed by atoms with Crippen LogP contribution in [-0.4, -0.2) is 44.9 Å². The standard InChI is InChI=1S/C8H18NOPS2/c1-5-8-11(12,13)10-7-6-9(2,3)4/h5H,1,6-8H2,2-4H3. The van der Waals surface area contributed by atoms with Crippen LogP contribution in [0.3, 0.4) is 0 Å². The molecule has 0 saturated carbocycles. The molecule has 78 valence electrons. The first kappa shape index (κ1) is 13.7. The molecule has 0 aliphatic heterocycles. The van der Waals surface area contributed by atoms with Gasteiger partial charge in [0.1, 0.15) is 6.54 Å². The fourth-order valence-electron chi connectivity index (χ4n) is 0.665. The van der Waals surface area contributed by atoms with Crippen molar-refractivity contribution in [1.82, 2.24) is 0 Å². The first-order chi connectivity index (χ1) is 5.77. The van der Waals surface area contributed by atoms with Gasteiger partial charge < -0.3 is 21.3 Å². The van der Waals surface area contributed by atoms with Gasteiger partial charge in [-0.2, -0.15) is 0 Å². The zero-order chi connectivity index (χ0) is 10.5. The van der Waals surface area contributed by atoms with Crippen molar-refractivity contribution in [2.75, 3.05) is 40.5 Å². The average molecular weight is 239 g/mol. The zero-order valence-electron chi connectivity index (χ0n) is 8.52. The molecule has 0 saturated heterocycles. The van der Waals surface area contributed by atoms with Crippen LogP contribution in [0.15, 0.2) is 12.7 Å². The Bertz CT molecular complexity index is 213. The molecule has 0 amide bonds. The van der Waals surface area contributed by atoms with Crippen molar-refractivity contribution in [1.29, 1.82) is 0 Å². The summed E-state index contributed by atoms with van der Waals surface area (Å²) >= 11 is 10.3. The monoisotopic (exact) mass is 239 g/mol. The van der Waals surface area contributed by atoms with Crippen molar-refractivity contribution in [2.45, 2.75) is 0 Å². The highest BCUT2D eigenvalue weighted by molar-refractivity contribution is 8.53. The Morgan fingerprint density at radius 1 is 1.54 bits per heavy atom. The molecule has 0 rings (SSSR count). The maximum atomic E-state index is 5.50. The van der Waals surface area contributed by atoms with Gasteiger partial charge in [0, 0.05) is 0 Å². The Labute approximate surface area is 91.8 Å². The van der Waals surface area contributed by atoms with E-state index in [1.54, 1.807) is 6.08 Å². The summed E-state index contributed by atoms with van der Waals surface area (Å²) in [7, 11) is 6.34. The summed E-state index contributed by atoms with van der Waals surface area (Å²) in [4.78, 5) is 0. The van der Waals surface area contributed by atoms with Gasteiger partial charge in [-0.3, -0.25) is 0 Å². The van der Waals surface area contributed by atoms with Crippen LogP contribution in [0.2, 0.25) is 0 Å². The van der Waals surface area contributed by atoms with E-state index in [2.05, 4.69) is 27.7 Å². The first-order valence-electron chi connectivity index (χ1n) is 4.13. The molecule has 0 aromatic carbocycles. The minimum absolute atomic E-state index is 0.648. The normalized spacial score (nSPS) is 16.6. The van der Waals surface area contributed by atoms with Crippen LogP contribution in [0, 0.1) is 0 Å². The number of likely N-dealkylation sites (N-methyl/N-ethyl adjacent to an activating group) is 1. The van der Waals surface area contributed by atoms with Crippen molar-refractivity contribution in [3.63, 3.8) is 0 Å². The molecule has 0 bridgehead atoms. The largest absolute Gasteiger partial charge is 0.719 e. The third-order valence-electron chi connectivity index (χ3n) is 1.40. The van der Waals surface area contributed by atoms with Crippen molar-refractivity contribution < 1.29 is 9.01 Å². The molecule has 0 fully saturated rings. The van der Waals surface area contributed by atoms with E-state index in [0.717, 1.165) is 11.0 Å². The number of quaternary nitrogens is 1. The Kier molecular flexibility index (Phi) is 5.80. The molecule has 0 heterocycles. The molecular weight excluding hydrogens is 221 g/mol. The number of rotatable bonds is 6. The van der Waals surface area contributed by atoms with E-state index in [-0.39, 0.29) is 0 Å². The van der Waals surface area contributed by atoms with Crippen LogP contribution >= 0.6 is 5.47 Å². The quantitative estimate of drug-likeness (QED) is 0.302. The lowest BCUT2D eigenvalue weighted by molar-refractivity contribution is -0.870. The molecule has 0 radical (unpaired) electrons. The van der Waals surface area contributed by atoms with Gasteiger partial charge in [-0.1, -0.05) is 23.3 Å². The van der Waals surface area contributed by atoms with E-state index in [1.165, 1.54) is 0 Å². The second kappa shape index (κ2) is 5.52. The average Bonchev–Trinajstić information content (AvgIpc) is 1.82. The predicted molar refractivity (Wildman–Crippen MR) is 65.6 cm³/mol. The van der Waals surface area contributed by atoms with Crippen molar-refractivity contribution in [2.24, 2.45) is 0 Å². The summed E-state index contributed by atoms with van der Waals surface area (Å²) in [5.41, 5.74) is -1.99. The molecule has 5 heteroatoms. The molecule has 0 aliphatic carbocycles. The van der Waals surface area contributed by atoms with Crippen LogP contribution < -0.4 is 0 Å². The molecule has 2 nitrogen and oxygen atoms in total. The van der Waals surface area contributed by atoms with Crippen LogP contribution in [-0.2, 0) is 28.6 Å². The van der Waals surface area contributed by atoms with E-state index in [0.29, 0.717) is 12.8 Å². The molecule has 1 atom stereocenters. The van der Waals surface area contributed by atoms with Crippen LogP contribution in [0.4, 0.5) is 0 Å². The Balaban J connectivity index is 3.76. The molecule has 1 unspecified atom stereocenters. The molecule has 0 N–H and O–H groups in total. The number of nitrogens with zero attached hydrogens (tertiary/aromatic N) is 1. The summed E-state index contributed by atoms with van der Waals surface area (Å²) < 4.78 is 6.37. The number of allylic oxidation sites excluding steroid dienone is 1. The summed E-state index contributed by atoms with van der Waals surface area (Å²) in [6.07, 6.45) is 2.40. The number of hydrogen-bond donors (Lipinski definition) is 0. The Morgan fingerprint density at radius 2 is 2.08 bits per heavy atom. The highest BCUT2D eigenvalue weighted by Crippen LogP contribution is 2.44. The SMILES string of the molecule is C=CCP(=S)([S-])OCC[N+](C)(C)C. The van der Waals surface area contributed by atoms with Crippen LogP contribution in [0.25, 0.3) is 0 Å². The second-order valence-electron chi connectivity index (χ2n) is 3.93. The summed E-state index contributed by atoms with van der Waals surface area (Å²) in [6, 6.07) is 0. The molecule has 13 heavy (non-hydrogen) atoms. The van der Waals surface area contributed by atoms with Crippen molar-refractivity contribution >= 4 is 29.5 Å². The van der Waals surface area contributed by atoms with E-state index in [1.807, 2.05) is 0 Å². The highest BCUT2D eigenvalue weighted by Gasteiger charge is 2.07. The van der Waals surface area contributed by atoms with Crippen LogP contribution in [0.5, 0.6) is 0 Å². The van der Waals surface area contributed by atoms with Gasteiger partial charge in [-0.15, -0.1) is 6.58 Å². The van der Waals surface area contributed by atoms with Gasteiger partial charge in [0.25, 0.3) is 0 Å². The van der Waals surface area contributed by atoms with Crippen molar-refractivity contribution in [3.05, 3.63) is 12.7 Å². The fraction of sp³-hybridized carbons (Fsp3) is 0.750. The molecule has 0 aromatic rings. The lowest BCUT2D eigenvalue weighted by Crippen LogP contribution is -2.37. The summed E-state index contributed by atoms with van der Waals surface area (Å²) in [5.74, 6) is 0. The van der Waals surface area contributed by atoms with E-state index in [9.17, 15) is 0 Å². The van der Waals surface area contributed by atoms with Gasteiger partial charge in [0.05, 0.1) is 27.7 Å². The summed E-state index contributed by atoms with van der Waals surface area (Å²) in [5, 5.41) is 0. The van der Waals surface area contributed by atoms with Crippen LogP contribution in [0.1, 0.15) is 0 Å². The minimum atomic E-state index is -1.99. The molecular formula is C8H18NOPS2. The molecule has 0 spiro atoms. The Hall–Kier alpha value is 0.660. The maximum absolute atomic E-state index is 5.50. The van der Waals surface area contributed by atoms with Gasteiger partial charge in [0.2, 0.25) is 0 Å². The van der Waals surface area contributed by atoms with E-state index < -0.39 is 5.47 Å². The second-order valence-corrected chi connectivity index (χ2v) is 10.0. The highest BCUT2D eigenvalue weighted by atomic mass is 32.9. The van der Waals surface area contributed by atoms with Gasteiger partial charge in [-0.25, -0.2) is 0 Å². The topological polar surface area (TPSA) is 9.23 Å². The molecule has 0 aliphatic rings. The smallest absolute Gasteiger partial charge is 0.102 e. The van der Waals surface area contributed by atoms with Gasteiger partial charge >= 0.3 is 0 Å². The number of hydrogen-bond acceptors (Lipinski definition) is 3. The van der Waals surface area contributed by atoms with E-state index in [4.69, 9.17) is 28.6 Å². The minimum Gasteiger partial charge on any atom is -0.719 e. The zero-order valence-corrected chi connectivity index (χ0v) is 11.1.